The minimum Gasteiger partial charge on any atom is -0.456 e. The summed E-state index contributed by atoms with van der Waals surface area (Å²) in [6.07, 6.45) is -2.68. The number of ether oxygens (including phenoxy) is 1. The van der Waals surface area contributed by atoms with Crippen molar-refractivity contribution in [2.24, 2.45) is 0 Å². The average molecular weight is 467 g/mol. The maximum absolute atomic E-state index is 12.9. The Kier molecular flexibility index (Phi) is 7.02. The standard InChI is InChI=1S/C20H20F3N5O3S/c1-11-15(12(2)28-19(24-11)26-18(27-28)20(21,22)23)7-8-17(30)31-10-16(29)25-13-5-4-6-14(9-13)32-3/h4-6,9H,7-8,10H2,1-3H3,(H,25,29). The fraction of sp³-hybridized carbons (Fsp3) is 0.350. The van der Waals surface area contributed by atoms with Crippen LogP contribution in [0.1, 0.15) is 29.2 Å². The number of alkyl halides is 3. The van der Waals surface area contributed by atoms with Crippen molar-refractivity contribution in [3.05, 3.63) is 47.0 Å². The molecule has 0 aliphatic heterocycles. The number of carbonyl (C=O) groups is 2. The van der Waals surface area contributed by atoms with E-state index in [2.05, 4.69) is 20.4 Å². The summed E-state index contributed by atoms with van der Waals surface area (Å²) in [4.78, 5) is 32.5. The van der Waals surface area contributed by atoms with Crippen molar-refractivity contribution in [2.45, 2.75) is 37.8 Å². The number of fused-ring (bicyclic) bond motifs is 1. The predicted molar refractivity (Wildman–Crippen MR) is 111 cm³/mol. The third-order valence-corrected chi connectivity index (χ3v) is 5.32. The molecular weight excluding hydrogens is 447 g/mol. The molecule has 3 aromatic rings. The topological polar surface area (TPSA) is 98.5 Å². The number of hydrogen-bond donors (Lipinski definition) is 1. The zero-order valence-electron chi connectivity index (χ0n) is 17.5. The molecule has 0 spiro atoms. The lowest BCUT2D eigenvalue weighted by Gasteiger charge is -2.10. The summed E-state index contributed by atoms with van der Waals surface area (Å²) >= 11 is 1.53. The Morgan fingerprint density at radius 2 is 1.97 bits per heavy atom. The summed E-state index contributed by atoms with van der Waals surface area (Å²) in [5.41, 5.74) is 1.99. The molecule has 0 unspecified atom stereocenters. The summed E-state index contributed by atoms with van der Waals surface area (Å²) in [6.45, 7) is 2.74. The lowest BCUT2D eigenvalue weighted by atomic mass is 10.1. The van der Waals surface area contributed by atoms with Crippen LogP contribution in [0.4, 0.5) is 18.9 Å². The highest BCUT2D eigenvalue weighted by molar-refractivity contribution is 7.98. The van der Waals surface area contributed by atoms with Gasteiger partial charge in [0.1, 0.15) is 0 Å². The predicted octanol–water partition coefficient (Wildman–Crippen LogP) is 3.60. The Bertz CT molecular complexity index is 1160. The third-order valence-electron chi connectivity index (χ3n) is 4.60. The Morgan fingerprint density at radius 3 is 2.66 bits per heavy atom. The molecule has 0 aliphatic carbocycles. The van der Waals surface area contributed by atoms with Crippen molar-refractivity contribution in [1.29, 1.82) is 0 Å². The van der Waals surface area contributed by atoms with Gasteiger partial charge in [0, 0.05) is 28.4 Å². The van der Waals surface area contributed by atoms with Crippen LogP contribution in [0.15, 0.2) is 29.2 Å². The van der Waals surface area contributed by atoms with Gasteiger partial charge in [0.2, 0.25) is 0 Å². The van der Waals surface area contributed by atoms with Gasteiger partial charge in [-0.05, 0) is 50.3 Å². The molecule has 8 nitrogen and oxygen atoms in total. The zero-order valence-corrected chi connectivity index (χ0v) is 18.3. The molecule has 12 heteroatoms. The van der Waals surface area contributed by atoms with Gasteiger partial charge in [0.15, 0.2) is 6.61 Å². The molecule has 0 radical (unpaired) electrons. The molecule has 1 amide bonds. The van der Waals surface area contributed by atoms with Crippen molar-refractivity contribution < 1.29 is 27.5 Å². The number of hydrogen-bond acceptors (Lipinski definition) is 7. The smallest absolute Gasteiger partial charge is 0.453 e. The molecule has 32 heavy (non-hydrogen) atoms. The van der Waals surface area contributed by atoms with E-state index in [4.69, 9.17) is 4.74 Å². The second-order valence-corrected chi connectivity index (χ2v) is 7.73. The molecule has 0 atom stereocenters. The number of thioether (sulfide) groups is 1. The van der Waals surface area contributed by atoms with Gasteiger partial charge in [-0.3, -0.25) is 9.59 Å². The van der Waals surface area contributed by atoms with Gasteiger partial charge in [0.05, 0.1) is 0 Å². The van der Waals surface area contributed by atoms with E-state index >= 15 is 0 Å². The minimum atomic E-state index is -4.69. The van der Waals surface area contributed by atoms with E-state index in [9.17, 15) is 22.8 Å². The molecule has 2 aromatic heterocycles. The molecule has 0 saturated heterocycles. The number of halogens is 3. The number of esters is 1. The van der Waals surface area contributed by atoms with Gasteiger partial charge in [-0.1, -0.05) is 6.07 Å². The second-order valence-electron chi connectivity index (χ2n) is 6.85. The first-order chi connectivity index (χ1) is 15.1. The van der Waals surface area contributed by atoms with Gasteiger partial charge < -0.3 is 10.1 Å². The molecule has 0 bridgehead atoms. The number of nitrogens with one attached hydrogen (secondary N) is 1. The number of aryl methyl sites for hydroxylation is 2. The molecule has 1 aromatic carbocycles. The van der Waals surface area contributed by atoms with Gasteiger partial charge in [0.25, 0.3) is 17.5 Å². The van der Waals surface area contributed by atoms with E-state index in [1.54, 1.807) is 32.0 Å². The molecule has 3 rings (SSSR count). The summed E-state index contributed by atoms with van der Waals surface area (Å²) in [7, 11) is 0. The number of aromatic nitrogens is 4. The fourth-order valence-electron chi connectivity index (χ4n) is 3.03. The number of carbonyl (C=O) groups excluding carboxylic acids is 2. The second kappa shape index (κ2) is 9.55. The van der Waals surface area contributed by atoms with Crippen molar-refractivity contribution >= 4 is 35.1 Å². The van der Waals surface area contributed by atoms with E-state index in [-0.39, 0.29) is 18.6 Å². The first-order valence-electron chi connectivity index (χ1n) is 9.48. The number of anilines is 1. The van der Waals surface area contributed by atoms with E-state index < -0.39 is 30.5 Å². The summed E-state index contributed by atoms with van der Waals surface area (Å²) in [5, 5.41) is 6.12. The molecule has 0 aliphatic rings. The van der Waals surface area contributed by atoms with E-state index in [1.807, 2.05) is 12.3 Å². The molecule has 0 saturated carbocycles. The van der Waals surface area contributed by atoms with Crippen LogP contribution in [0.25, 0.3) is 5.78 Å². The van der Waals surface area contributed by atoms with Crippen LogP contribution in [-0.2, 0) is 26.9 Å². The van der Waals surface area contributed by atoms with Gasteiger partial charge in [-0.15, -0.1) is 16.9 Å². The van der Waals surface area contributed by atoms with E-state index in [0.29, 0.717) is 22.6 Å². The SMILES string of the molecule is CSc1cccc(NC(=O)COC(=O)CCc2c(C)nc3nc(C(F)(F)F)nn3c2C)c1. The maximum Gasteiger partial charge on any atom is 0.453 e. The first-order valence-corrected chi connectivity index (χ1v) is 10.7. The Labute approximate surface area is 185 Å². The maximum atomic E-state index is 12.9. The quantitative estimate of drug-likeness (QED) is 0.419. The first kappa shape index (κ1) is 23.5. The van der Waals surface area contributed by atoms with Gasteiger partial charge in [-0.25, -0.2) is 9.50 Å². The highest BCUT2D eigenvalue weighted by Gasteiger charge is 2.37. The van der Waals surface area contributed by atoms with Gasteiger partial charge >= 0.3 is 12.1 Å². The lowest BCUT2D eigenvalue weighted by Crippen LogP contribution is -2.21. The van der Waals surface area contributed by atoms with E-state index in [0.717, 1.165) is 9.41 Å². The van der Waals surface area contributed by atoms with Crippen LogP contribution in [0.3, 0.4) is 0 Å². The third kappa shape index (κ3) is 5.55. The Hall–Kier alpha value is -3.15. The number of rotatable bonds is 7. The molecular formula is C20H20F3N5O3S. The summed E-state index contributed by atoms with van der Waals surface area (Å²) in [5.74, 6) is -2.54. The highest BCUT2D eigenvalue weighted by Crippen LogP contribution is 2.27. The van der Waals surface area contributed by atoms with Crippen LogP contribution in [0, 0.1) is 13.8 Å². The normalized spacial score (nSPS) is 11.6. The fourth-order valence-corrected chi connectivity index (χ4v) is 3.49. The molecule has 2 heterocycles. The van der Waals surface area contributed by atoms with E-state index in [1.165, 1.54) is 11.8 Å². The largest absolute Gasteiger partial charge is 0.456 e. The monoisotopic (exact) mass is 467 g/mol. The van der Waals surface area contributed by atoms with Crippen LogP contribution in [0.5, 0.6) is 0 Å². The summed E-state index contributed by atoms with van der Waals surface area (Å²) < 4.78 is 44.6. The molecule has 170 valence electrons. The summed E-state index contributed by atoms with van der Waals surface area (Å²) in [6, 6.07) is 7.23. The highest BCUT2D eigenvalue weighted by atomic mass is 32.2. The molecule has 0 fully saturated rings. The van der Waals surface area contributed by atoms with Crippen LogP contribution < -0.4 is 5.32 Å². The molecule has 1 N–H and O–H groups in total. The minimum absolute atomic E-state index is 0.0784. The van der Waals surface area contributed by atoms with Crippen molar-refractivity contribution in [1.82, 2.24) is 19.6 Å². The lowest BCUT2D eigenvalue weighted by molar-refractivity contribution is -0.147. The van der Waals surface area contributed by atoms with Crippen LogP contribution in [0.2, 0.25) is 0 Å². The van der Waals surface area contributed by atoms with Crippen LogP contribution >= 0.6 is 11.8 Å². The average Bonchev–Trinajstić information content (AvgIpc) is 3.17. The Balaban J connectivity index is 1.58. The number of nitrogens with zero attached hydrogens (tertiary/aromatic N) is 4. The number of benzene rings is 1. The van der Waals surface area contributed by atoms with Crippen molar-refractivity contribution in [3.63, 3.8) is 0 Å². The van der Waals surface area contributed by atoms with Crippen LogP contribution in [-0.4, -0.2) is 44.3 Å². The van der Waals surface area contributed by atoms with Crippen molar-refractivity contribution in [3.8, 4) is 0 Å². The van der Waals surface area contributed by atoms with Gasteiger partial charge in [-0.2, -0.15) is 18.2 Å². The number of amides is 1. The van der Waals surface area contributed by atoms with Crippen molar-refractivity contribution in [2.75, 3.05) is 18.2 Å². The zero-order chi connectivity index (χ0) is 23.5. The Morgan fingerprint density at radius 1 is 1.22 bits per heavy atom.